The summed E-state index contributed by atoms with van der Waals surface area (Å²) in [6.07, 6.45) is 0. The van der Waals surface area contributed by atoms with Crippen molar-refractivity contribution in [2.45, 2.75) is 25.8 Å². The lowest BCUT2D eigenvalue weighted by atomic mass is 9.85. The van der Waals surface area contributed by atoms with Gasteiger partial charge < -0.3 is 11.1 Å². The van der Waals surface area contributed by atoms with E-state index in [0.717, 1.165) is 26.8 Å². The molecule has 5 nitrogen and oxygen atoms in total. The van der Waals surface area contributed by atoms with E-state index in [1.807, 2.05) is 32.0 Å². The molecule has 3 rings (SSSR count). The molecule has 6 heteroatoms. The first-order chi connectivity index (χ1) is 9.02. The van der Waals surface area contributed by atoms with Crippen molar-refractivity contribution in [1.29, 1.82) is 0 Å². The summed E-state index contributed by atoms with van der Waals surface area (Å²) < 4.78 is 0. The Labute approximate surface area is 114 Å². The third-order valence-corrected chi connectivity index (χ3v) is 4.39. The Morgan fingerprint density at radius 3 is 2.84 bits per heavy atom. The van der Waals surface area contributed by atoms with E-state index in [2.05, 4.69) is 15.5 Å². The predicted octanol–water partition coefficient (Wildman–Crippen LogP) is 1.89. The number of hydrogen-bond acceptors (Lipinski definition) is 5. The van der Waals surface area contributed by atoms with Crippen molar-refractivity contribution < 1.29 is 4.79 Å². The molecule has 1 aliphatic rings. The minimum Gasteiger partial charge on any atom is -0.325 e. The average Bonchev–Trinajstić information content (AvgIpc) is 2.94. The van der Waals surface area contributed by atoms with Crippen LogP contribution in [0.15, 0.2) is 18.2 Å². The molecule has 0 atom stereocenters. The van der Waals surface area contributed by atoms with Crippen LogP contribution in [0.4, 0.5) is 5.69 Å². The lowest BCUT2D eigenvalue weighted by molar-refractivity contribution is -0.119. The van der Waals surface area contributed by atoms with Crippen molar-refractivity contribution in [2.24, 2.45) is 5.73 Å². The summed E-state index contributed by atoms with van der Waals surface area (Å²) in [7, 11) is 0. The van der Waals surface area contributed by atoms with Crippen molar-refractivity contribution in [2.75, 3.05) is 5.32 Å². The quantitative estimate of drug-likeness (QED) is 0.876. The standard InChI is InChI=1S/C13H14N4OS/c1-13(2)8-5-7(3-4-9(8)15-12(13)18)11-17-16-10(6-14)19-11/h3-5H,6,14H2,1-2H3,(H,15,18). The van der Waals surface area contributed by atoms with Gasteiger partial charge in [0.25, 0.3) is 0 Å². The zero-order valence-corrected chi connectivity index (χ0v) is 11.5. The first kappa shape index (κ1) is 12.3. The highest BCUT2D eigenvalue weighted by Gasteiger charge is 2.38. The predicted molar refractivity (Wildman–Crippen MR) is 74.9 cm³/mol. The maximum Gasteiger partial charge on any atom is 0.234 e. The summed E-state index contributed by atoms with van der Waals surface area (Å²) in [6.45, 7) is 4.24. The van der Waals surface area contributed by atoms with Crippen molar-refractivity contribution in [1.82, 2.24) is 10.2 Å². The largest absolute Gasteiger partial charge is 0.325 e. The van der Waals surface area contributed by atoms with E-state index in [1.54, 1.807) is 0 Å². The van der Waals surface area contributed by atoms with Gasteiger partial charge in [-0.15, -0.1) is 10.2 Å². The first-order valence-electron chi connectivity index (χ1n) is 6.01. The molecule has 0 radical (unpaired) electrons. The molecule has 0 fully saturated rings. The van der Waals surface area contributed by atoms with E-state index in [-0.39, 0.29) is 5.91 Å². The number of hydrogen-bond donors (Lipinski definition) is 2. The Morgan fingerprint density at radius 2 is 2.16 bits per heavy atom. The highest BCUT2D eigenvalue weighted by atomic mass is 32.1. The molecule has 1 aliphatic heterocycles. The Balaban J connectivity index is 2.07. The molecule has 0 bridgehead atoms. The SMILES string of the molecule is CC1(C)C(=O)Nc2ccc(-c3nnc(CN)s3)cc21. The number of benzene rings is 1. The van der Waals surface area contributed by atoms with Gasteiger partial charge in [-0.2, -0.15) is 0 Å². The van der Waals surface area contributed by atoms with Gasteiger partial charge in [-0.3, -0.25) is 4.79 Å². The molecule has 0 saturated heterocycles. The number of aromatic nitrogens is 2. The van der Waals surface area contributed by atoms with E-state index < -0.39 is 5.41 Å². The summed E-state index contributed by atoms with van der Waals surface area (Å²) >= 11 is 1.48. The minimum atomic E-state index is -0.507. The number of carbonyl (C=O) groups is 1. The van der Waals surface area contributed by atoms with Gasteiger partial charge in [0.1, 0.15) is 10.0 Å². The maximum absolute atomic E-state index is 11.9. The fourth-order valence-corrected chi connectivity index (χ4v) is 2.87. The second kappa shape index (κ2) is 4.11. The van der Waals surface area contributed by atoms with Gasteiger partial charge in [0.2, 0.25) is 5.91 Å². The van der Waals surface area contributed by atoms with E-state index >= 15 is 0 Å². The van der Waals surface area contributed by atoms with E-state index in [4.69, 9.17) is 5.73 Å². The molecule has 0 aliphatic carbocycles. The second-order valence-corrected chi connectivity index (χ2v) is 6.11. The van der Waals surface area contributed by atoms with E-state index in [0.29, 0.717) is 6.54 Å². The zero-order chi connectivity index (χ0) is 13.6. The molecule has 3 N–H and O–H groups in total. The molecule has 1 aromatic heterocycles. The van der Waals surface area contributed by atoms with Crippen LogP contribution < -0.4 is 11.1 Å². The normalized spacial score (nSPS) is 16.3. The number of fused-ring (bicyclic) bond motifs is 1. The topological polar surface area (TPSA) is 80.9 Å². The number of amides is 1. The van der Waals surface area contributed by atoms with Gasteiger partial charge in [0.05, 0.1) is 5.41 Å². The number of nitrogens with zero attached hydrogens (tertiary/aromatic N) is 2. The summed E-state index contributed by atoms with van der Waals surface area (Å²) in [5.74, 6) is 0.0274. The van der Waals surface area contributed by atoms with Gasteiger partial charge in [0, 0.05) is 17.8 Å². The Kier molecular flexibility index (Phi) is 2.65. The summed E-state index contributed by atoms with van der Waals surface area (Å²) in [5, 5.41) is 12.7. The summed E-state index contributed by atoms with van der Waals surface area (Å²) in [5.41, 5.74) is 7.89. The molecule has 2 heterocycles. The van der Waals surface area contributed by atoms with E-state index in [9.17, 15) is 4.79 Å². The lowest BCUT2D eigenvalue weighted by Crippen LogP contribution is -2.26. The zero-order valence-electron chi connectivity index (χ0n) is 10.7. The maximum atomic E-state index is 11.9. The number of anilines is 1. The van der Waals surface area contributed by atoms with Crippen LogP contribution in [0.1, 0.15) is 24.4 Å². The van der Waals surface area contributed by atoms with Crippen molar-refractivity contribution in [3.8, 4) is 10.6 Å². The van der Waals surface area contributed by atoms with Crippen LogP contribution >= 0.6 is 11.3 Å². The molecule has 19 heavy (non-hydrogen) atoms. The van der Waals surface area contributed by atoms with Crippen LogP contribution in [0.5, 0.6) is 0 Å². The fraction of sp³-hybridized carbons (Fsp3) is 0.308. The molecular formula is C13H14N4OS. The van der Waals surface area contributed by atoms with Crippen molar-refractivity contribution in [3.05, 3.63) is 28.8 Å². The van der Waals surface area contributed by atoms with Gasteiger partial charge in [-0.25, -0.2) is 0 Å². The molecule has 1 aromatic carbocycles. The Bertz CT molecular complexity index is 662. The monoisotopic (exact) mass is 274 g/mol. The number of nitrogens with one attached hydrogen (secondary N) is 1. The Morgan fingerprint density at radius 1 is 1.37 bits per heavy atom. The molecule has 1 amide bonds. The van der Waals surface area contributed by atoms with Crippen LogP contribution in [0, 0.1) is 0 Å². The molecular weight excluding hydrogens is 260 g/mol. The van der Waals surface area contributed by atoms with Gasteiger partial charge in [-0.05, 0) is 37.6 Å². The third kappa shape index (κ3) is 1.84. The smallest absolute Gasteiger partial charge is 0.234 e. The van der Waals surface area contributed by atoms with Crippen LogP contribution in [0.2, 0.25) is 0 Å². The molecule has 98 valence electrons. The minimum absolute atomic E-state index is 0.0274. The number of carbonyl (C=O) groups excluding carboxylic acids is 1. The van der Waals surface area contributed by atoms with Gasteiger partial charge in [-0.1, -0.05) is 11.3 Å². The third-order valence-electron chi connectivity index (χ3n) is 3.40. The van der Waals surface area contributed by atoms with Gasteiger partial charge in [0.15, 0.2) is 0 Å². The van der Waals surface area contributed by atoms with Crippen LogP contribution in [-0.4, -0.2) is 16.1 Å². The second-order valence-electron chi connectivity index (χ2n) is 5.04. The summed E-state index contributed by atoms with van der Waals surface area (Å²) in [6, 6.07) is 5.87. The Hall–Kier alpha value is -1.79. The number of nitrogens with two attached hydrogens (primary N) is 1. The number of rotatable bonds is 2. The molecule has 0 saturated carbocycles. The highest BCUT2D eigenvalue weighted by molar-refractivity contribution is 7.14. The van der Waals surface area contributed by atoms with Crippen molar-refractivity contribution >= 4 is 22.9 Å². The van der Waals surface area contributed by atoms with Gasteiger partial charge >= 0.3 is 0 Å². The van der Waals surface area contributed by atoms with Crippen molar-refractivity contribution in [3.63, 3.8) is 0 Å². The van der Waals surface area contributed by atoms with Crippen LogP contribution in [0.3, 0.4) is 0 Å². The lowest BCUT2D eigenvalue weighted by Gasteiger charge is -2.15. The molecule has 2 aromatic rings. The molecule has 0 spiro atoms. The average molecular weight is 274 g/mol. The highest BCUT2D eigenvalue weighted by Crippen LogP contribution is 2.39. The fourth-order valence-electron chi connectivity index (χ4n) is 2.16. The van der Waals surface area contributed by atoms with E-state index in [1.165, 1.54) is 11.3 Å². The van der Waals surface area contributed by atoms with Crippen LogP contribution in [-0.2, 0) is 16.8 Å². The van der Waals surface area contributed by atoms with Crippen LogP contribution in [0.25, 0.3) is 10.6 Å². The molecule has 0 unspecified atom stereocenters. The first-order valence-corrected chi connectivity index (χ1v) is 6.83. The summed E-state index contributed by atoms with van der Waals surface area (Å²) in [4.78, 5) is 11.9.